The Morgan fingerprint density at radius 1 is 1.33 bits per heavy atom. The van der Waals surface area contributed by atoms with Crippen molar-refractivity contribution in [1.82, 2.24) is 15.2 Å². The molecule has 3 rings (SSSR count). The zero-order chi connectivity index (χ0) is 16.9. The second-order valence-electron chi connectivity index (χ2n) is 6.66. The van der Waals surface area contributed by atoms with Gasteiger partial charge in [-0.15, -0.1) is 0 Å². The number of carbonyl (C=O) groups excluding carboxylic acids is 1. The number of fused-ring (bicyclic) bond motifs is 1. The predicted molar refractivity (Wildman–Crippen MR) is 86.7 cm³/mol. The number of pyridine rings is 1. The molecule has 2 amide bonds. The summed E-state index contributed by atoms with van der Waals surface area (Å²) < 4.78 is 5.35. The maximum atomic E-state index is 11.8. The molecule has 1 aliphatic heterocycles. The Hall–Kier alpha value is -2.31. The average molecular weight is 333 g/mol. The fourth-order valence-electron chi connectivity index (χ4n) is 3.87. The van der Waals surface area contributed by atoms with Gasteiger partial charge in [-0.2, -0.15) is 0 Å². The summed E-state index contributed by atoms with van der Waals surface area (Å²) in [7, 11) is 0. The minimum absolute atomic E-state index is 0.00478. The lowest BCUT2D eigenvalue weighted by Crippen LogP contribution is -2.31. The zero-order valence-electron chi connectivity index (χ0n) is 13.6. The van der Waals surface area contributed by atoms with Crippen LogP contribution in [0.5, 0.6) is 5.75 Å². The molecule has 2 unspecified atom stereocenters. The number of amides is 2. The van der Waals surface area contributed by atoms with E-state index in [4.69, 9.17) is 9.84 Å². The lowest BCUT2D eigenvalue weighted by molar-refractivity contribution is -0.123. The largest absolute Gasteiger partial charge is 0.482 e. The molecule has 0 spiro atoms. The van der Waals surface area contributed by atoms with Crippen LogP contribution in [0.3, 0.4) is 0 Å². The molecule has 1 aromatic rings. The SMILES string of the molecule is O=C(COc1cccnc1)NCCC1CC2CN(C(=O)O)CC2C1. The van der Waals surface area contributed by atoms with E-state index in [2.05, 4.69) is 10.3 Å². The summed E-state index contributed by atoms with van der Waals surface area (Å²) in [4.78, 5) is 28.2. The Kier molecular flexibility index (Phi) is 5.17. The van der Waals surface area contributed by atoms with Gasteiger partial charge in [0.25, 0.3) is 5.91 Å². The van der Waals surface area contributed by atoms with E-state index in [0.717, 1.165) is 19.3 Å². The highest BCUT2D eigenvalue weighted by molar-refractivity contribution is 5.77. The predicted octanol–water partition coefficient (Wildman–Crippen LogP) is 1.60. The van der Waals surface area contributed by atoms with E-state index in [1.807, 2.05) is 0 Å². The molecule has 7 nitrogen and oxygen atoms in total. The number of ether oxygens (including phenoxy) is 1. The number of hydrogen-bond donors (Lipinski definition) is 2. The summed E-state index contributed by atoms with van der Waals surface area (Å²) in [6.07, 6.45) is 5.50. The molecule has 2 N–H and O–H groups in total. The third kappa shape index (κ3) is 4.15. The third-order valence-electron chi connectivity index (χ3n) is 5.00. The molecular weight excluding hydrogens is 310 g/mol. The van der Waals surface area contributed by atoms with Gasteiger partial charge in [-0.25, -0.2) is 4.79 Å². The van der Waals surface area contributed by atoms with E-state index in [1.165, 1.54) is 4.90 Å². The second-order valence-corrected chi connectivity index (χ2v) is 6.66. The van der Waals surface area contributed by atoms with Crippen LogP contribution in [0.4, 0.5) is 4.79 Å². The highest BCUT2D eigenvalue weighted by Gasteiger charge is 2.41. The van der Waals surface area contributed by atoms with E-state index < -0.39 is 6.09 Å². The van der Waals surface area contributed by atoms with Gasteiger partial charge in [-0.1, -0.05) is 0 Å². The van der Waals surface area contributed by atoms with Crippen LogP contribution in [0, 0.1) is 17.8 Å². The number of nitrogens with zero attached hydrogens (tertiary/aromatic N) is 2. The van der Waals surface area contributed by atoms with Crippen molar-refractivity contribution in [3.05, 3.63) is 24.5 Å². The van der Waals surface area contributed by atoms with Crippen LogP contribution in [0.15, 0.2) is 24.5 Å². The van der Waals surface area contributed by atoms with E-state index in [-0.39, 0.29) is 12.5 Å². The molecule has 1 saturated heterocycles. The van der Waals surface area contributed by atoms with Crippen molar-refractivity contribution in [3.63, 3.8) is 0 Å². The molecule has 0 radical (unpaired) electrons. The molecular formula is C17H23N3O4. The van der Waals surface area contributed by atoms with Gasteiger partial charge in [0.05, 0.1) is 6.20 Å². The van der Waals surface area contributed by atoms with E-state index in [9.17, 15) is 9.59 Å². The van der Waals surface area contributed by atoms with Gasteiger partial charge in [-0.05, 0) is 49.1 Å². The van der Waals surface area contributed by atoms with Crippen molar-refractivity contribution in [3.8, 4) is 5.75 Å². The lowest BCUT2D eigenvalue weighted by Gasteiger charge is -2.16. The van der Waals surface area contributed by atoms with Crippen molar-refractivity contribution in [1.29, 1.82) is 0 Å². The van der Waals surface area contributed by atoms with Crippen molar-refractivity contribution in [2.45, 2.75) is 19.3 Å². The molecule has 1 saturated carbocycles. The van der Waals surface area contributed by atoms with Gasteiger partial charge >= 0.3 is 6.09 Å². The summed E-state index contributed by atoms with van der Waals surface area (Å²) in [6.45, 7) is 1.97. The van der Waals surface area contributed by atoms with Gasteiger partial charge in [0.1, 0.15) is 5.75 Å². The number of aromatic nitrogens is 1. The van der Waals surface area contributed by atoms with Crippen molar-refractivity contribution >= 4 is 12.0 Å². The lowest BCUT2D eigenvalue weighted by atomic mass is 10.0. The number of carboxylic acid groups (broad SMARTS) is 1. The summed E-state index contributed by atoms with van der Waals surface area (Å²) in [5.41, 5.74) is 0. The Balaban J connectivity index is 1.30. The van der Waals surface area contributed by atoms with Gasteiger partial charge in [0.15, 0.2) is 6.61 Å². The normalized spacial score (nSPS) is 25.3. The Morgan fingerprint density at radius 2 is 2.08 bits per heavy atom. The van der Waals surface area contributed by atoms with Crippen LogP contribution in [-0.4, -0.2) is 53.2 Å². The Bertz CT molecular complexity index is 566. The van der Waals surface area contributed by atoms with Crippen molar-refractivity contribution in [2.75, 3.05) is 26.2 Å². The highest BCUT2D eigenvalue weighted by atomic mass is 16.5. The average Bonchev–Trinajstić information content (AvgIpc) is 3.12. The first-order chi connectivity index (χ1) is 11.6. The fraction of sp³-hybridized carbons (Fsp3) is 0.588. The summed E-state index contributed by atoms with van der Waals surface area (Å²) in [6, 6.07) is 3.52. The highest BCUT2D eigenvalue weighted by Crippen LogP contribution is 2.42. The van der Waals surface area contributed by atoms with Crippen LogP contribution in [-0.2, 0) is 4.79 Å². The zero-order valence-corrected chi connectivity index (χ0v) is 13.6. The topological polar surface area (TPSA) is 91.8 Å². The monoisotopic (exact) mass is 333 g/mol. The molecule has 24 heavy (non-hydrogen) atoms. The molecule has 0 bridgehead atoms. The summed E-state index contributed by atoms with van der Waals surface area (Å²) >= 11 is 0. The molecule has 2 aliphatic rings. The molecule has 2 atom stereocenters. The summed E-state index contributed by atoms with van der Waals surface area (Å²) in [5, 5.41) is 11.9. The van der Waals surface area contributed by atoms with Crippen molar-refractivity contribution in [2.24, 2.45) is 17.8 Å². The smallest absolute Gasteiger partial charge is 0.407 e. The van der Waals surface area contributed by atoms with E-state index in [0.29, 0.717) is 43.1 Å². The molecule has 2 fully saturated rings. The maximum Gasteiger partial charge on any atom is 0.407 e. The second kappa shape index (κ2) is 7.51. The standard InChI is InChI=1S/C17H23N3O4/c21-16(11-24-15-2-1-4-18-8-15)19-5-3-12-6-13-9-20(17(22)23)10-14(13)7-12/h1-2,4,8,12-14H,3,5-7,9-11H2,(H,19,21)(H,22,23). The Morgan fingerprint density at radius 3 is 2.71 bits per heavy atom. The third-order valence-corrected chi connectivity index (χ3v) is 5.00. The van der Waals surface area contributed by atoms with Gasteiger partial charge < -0.3 is 20.1 Å². The van der Waals surface area contributed by atoms with Gasteiger partial charge in [0.2, 0.25) is 0 Å². The maximum absolute atomic E-state index is 11.8. The van der Waals surface area contributed by atoms with Crippen LogP contribution < -0.4 is 10.1 Å². The number of hydrogen-bond acceptors (Lipinski definition) is 4. The van der Waals surface area contributed by atoms with Gasteiger partial charge in [-0.3, -0.25) is 9.78 Å². The van der Waals surface area contributed by atoms with E-state index >= 15 is 0 Å². The minimum Gasteiger partial charge on any atom is -0.482 e. The number of likely N-dealkylation sites (tertiary alicyclic amines) is 1. The summed E-state index contributed by atoms with van der Waals surface area (Å²) in [5.74, 6) is 2.02. The van der Waals surface area contributed by atoms with Gasteiger partial charge in [0, 0.05) is 25.8 Å². The Labute approximate surface area is 141 Å². The first-order valence-electron chi connectivity index (χ1n) is 8.39. The minimum atomic E-state index is -0.804. The molecule has 1 aromatic heterocycles. The van der Waals surface area contributed by atoms with Crippen LogP contribution >= 0.6 is 0 Å². The molecule has 1 aliphatic carbocycles. The molecule has 2 heterocycles. The number of carbonyl (C=O) groups is 2. The quantitative estimate of drug-likeness (QED) is 0.825. The fourth-order valence-corrected chi connectivity index (χ4v) is 3.87. The van der Waals surface area contributed by atoms with Crippen LogP contribution in [0.25, 0.3) is 0 Å². The van der Waals surface area contributed by atoms with Crippen LogP contribution in [0.2, 0.25) is 0 Å². The first-order valence-corrected chi connectivity index (χ1v) is 8.39. The van der Waals surface area contributed by atoms with Crippen LogP contribution in [0.1, 0.15) is 19.3 Å². The first kappa shape index (κ1) is 16.5. The molecule has 0 aromatic carbocycles. The van der Waals surface area contributed by atoms with Crippen molar-refractivity contribution < 1.29 is 19.4 Å². The molecule has 7 heteroatoms. The molecule has 130 valence electrons. The number of rotatable bonds is 6. The number of nitrogens with one attached hydrogen (secondary N) is 1. The van der Waals surface area contributed by atoms with E-state index in [1.54, 1.807) is 24.5 Å².